The highest BCUT2D eigenvalue weighted by atomic mass is 33.1. The zero-order chi connectivity index (χ0) is 27.9. The van der Waals surface area contributed by atoms with Crippen LogP contribution in [0.5, 0.6) is 0 Å². The van der Waals surface area contributed by atoms with Crippen molar-refractivity contribution in [2.45, 2.75) is 0 Å². The highest BCUT2D eigenvalue weighted by Crippen LogP contribution is 2.37. The summed E-state index contributed by atoms with van der Waals surface area (Å²) in [7, 11) is 3.76. The Hall–Kier alpha value is -4.12. The summed E-state index contributed by atoms with van der Waals surface area (Å²) in [5.41, 5.74) is 2.39. The number of aliphatic imine (C=N–C) groups is 2. The second-order valence-corrected chi connectivity index (χ2v) is 13.4. The number of hydrogen-bond donors (Lipinski definition) is 0. The van der Waals surface area contributed by atoms with E-state index in [1.165, 1.54) is 75.8 Å². The van der Waals surface area contributed by atoms with E-state index in [9.17, 15) is 0 Å². The van der Waals surface area contributed by atoms with Gasteiger partial charge in [-0.2, -0.15) is 0 Å². The summed E-state index contributed by atoms with van der Waals surface area (Å²) in [6.45, 7) is 1.62. The molecule has 8 rings (SSSR count). The number of nitrogens with zero attached hydrogens (tertiary/aromatic N) is 2. The first-order chi connectivity index (χ1) is 20.8. The molecular formula is C38H28N2S2. The molecule has 4 heteroatoms. The van der Waals surface area contributed by atoms with Crippen LogP contribution >= 0.6 is 21.6 Å². The molecule has 8 aromatic rings. The van der Waals surface area contributed by atoms with E-state index < -0.39 is 0 Å². The molecule has 0 unspecified atom stereocenters. The highest BCUT2D eigenvalue weighted by molar-refractivity contribution is 8.76. The molecule has 0 heterocycles. The Morgan fingerprint density at radius 1 is 0.405 bits per heavy atom. The molecule has 0 N–H and O–H groups in total. The molecule has 0 saturated heterocycles. The van der Waals surface area contributed by atoms with Gasteiger partial charge in [-0.05, 0) is 64.6 Å². The third-order valence-electron chi connectivity index (χ3n) is 8.28. The van der Waals surface area contributed by atoms with E-state index >= 15 is 0 Å². The minimum Gasteiger partial charge on any atom is -0.292 e. The van der Waals surface area contributed by atoms with Crippen LogP contribution in [-0.4, -0.2) is 37.0 Å². The number of benzene rings is 8. The molecule has 202 valence electrons. The average molecular weight is 577 g/mol. The van der Waals surface area contributed by atoms with E-state index in [2.05, 4.69) is 122 Å². The molecule has 0 aliphatic rings. The molecular weight excluding hydrogens is 549 g/mol. The van der Waals surface area contributed by atoms with Crippen molar-refractivity contribution in [2.75, 3.05) is 24.6 Å². The average Bonchev–Trinajstić information content (AvgIpc) is 3.04. The van der Waals surface area contributed by atoms with Crippen LogP contribution in [-0.2, 0) is 0 Å². The first-order valence-corrected chi connectivity index (χ1v) is 16.9. The monoisotopic (exact) mass is 576 g/mol. The van der Waals surface area contributed by atoms with Gasteiger partial charge in [-0.15, -0.1) is 0 Å². The first kappa shape index (κ1) is 25.6. The molecule has 0 spiro atoms. The Bertz CT molecular complexity index is 2070. The van der Waals surface area contributed by atoms with Crippen molar-refractivity contribution in [1.29, 1.82) is 0 Å². The normalized spacial score (nSPS) is 12.7. The molecule has 0 saturated carbocycles. The highest BCUT2D eigenvalue weighted by Gasteiger charge is 2.11. The van der Waals surface area contributed by atoms with Crippen LogP contribution in [0, 0.1) is 0 Å². The van der Waals surface area contributed by atoms with Crippen LogP contribution in [0.3, 0.4) is 0 Å². The van der Waals surface area contributed by atoms with Crippen molar-refractivity contribution in [2.24, 2.45) is 9.98 Å². The van der Waals surface area contributed by atoms with Gasteiger partial charge in [0, 0.05) is 48.2 Å². The van der Waals surface area contributed by atoms with Crippen molar-refractivity contribution in [3.63, 3.8) is 0 Å². The molecule has 0 atom stereocenters. The lowest BCUT2D eigenvalue weighted by molar-refractivity contribution is 1.15. The lowest BCUT2D eigenvalue weighted by Crippen LogP contribution is -1.92. The van der Waals surface area contributed by atoms with Gasteiger partial charge in [0.15, 0.2) is 0 Å². The van der Waals surface area contributed by atoms with Crippen molar-refractivity contribution in [1.82, 2.24) is 0 Å². The lowest BCUT2D eigenvalue weighted by atomic mass is 9.92. The lowest BCUT2D eigenvalue weighted by Gasteiger charge is -2.12. The predicted molar refractivity (Wildman–Crippen MR) is 190 cm³/mol. The summed E-state index contributed by atoms with van der Waals surface area (Å²) in [6.07, 6.45) is 4.11. The van der Waals surface area contributed by atoms with Crippen molar-refractivity contribution < 1.29 is 0 Å². The van der Waals surface area contributed by atoms with E-state index in [-0.39, 0.29) is 0 Å². The number of hydrogen-bond acceptors (Lipinski definition) is 4. The van der Waals surface area contributed by atoms with E-state index in [4.69, 9.17) is 9.98 Å². The quantitative estimate of drug-likeness (QED) is 0.0739. The van der Waals surface area contributed by atoms with Gasteiger partial charge < -0.3 is 0 Å². The van der Waals surface area contributed by atoms with Gasteiger partial charge in [-0.25, -0.2) is 0 Å². The van der Waals surface area contributed by atoms with Gasteiger partial charge in [-0.1, -0.05) is 131 Å². The zero-order valence-electron chi connectivity index (χ0n) is 23.1. The van der Waals surface area contributed by atoms with Gasteiger partial charge in [0.2, 0.25) is 0 Å². The van der Waals surface area contributed by atoms with Crippen molar-refractivity contribution in [3.05, 3.63) is 120 Å². The zero-order valence-corrected chi connectivity index (χ0v) is 24.7. The maximum atomic E-state index is 4.77. The minimum absolute atomic E-state index is 0.811. The summed E-state index contributed by atoms with van der Waals surface area (Å²) in [4.78, 5) is 9.55. The van der Waals surface area contributed by atoms with Gasteiger partial charge in [-0.3, -0.25) is 9.98 Å². The fourth-order valence-electron chi connectivity index (χ4n) is 6.36. The molecule has 2 nitrogen and oxygen atoms in total. The van der Waals surface area contributed by atoms with E-state index in [0.717, 1.165) is 24.6 Å². The predicted octanol–water partition coefficient (Wildman–Crippen LogP) is 10.4. The van der Waals surface area contributed by atoms with Crippen molar-refractivity contribution >= 4 is 98.7 Å². The summed E-state index contributed by atoms with van der Waals surface area (Å²) in [5, 5.41) is 15.8. The number of rotatable bonds is 9. The van der Waals surface area contributed by atoms with Gasteiger partial charge in [0.25, 0.3) is 0 Å². The maximum Gasteiger partial charge on any atom is 0.0488 e. The van der Waals surface area contributed by atoms with Crippen molar-refractivity contribution in [3.8, 4) is 0 Å². The van der Waals surface area contributed by atoms with Crippen LogP contribution in [0.4, 0.5) is 0 Å². The Balaban J connectivity index is 0.870. The second-order valence-electron chi connectivity index (χ2n) is 10.7. The second kappa shape index (κ2) is 10.9. The van der Waals surface area contributed by atoms with Gasteiger partial charge in [0.1, 0.15) is 0 Å². The standard InChI is InChI=1S/C38H28N2S2/c1-3-25-7-9-29-11-13-31(33-17-15-27(5-1)35(25)37(29)33)23-39-19-21-41-42-22-20-40-24-32-14-12-30-10-8-26-4-2-6-28-16-18-34(32)38(30)36(26)28/h1-18,23-24H,19-22H2. The molecule has 0 aliphatic heterocycles. The molecule has 0 radical (unpaired) electrons. The molecule has 42 heavy (non-hydrogen) atoms. The van der Waals surface area contributed by atoms with Crippen LogP contribution in [0.2, 0.25) is 0 Å². The fourth-order valence-corrected chi connectivity index (χ4v) is 8.11. The van der Waals surface area contributed by atoms with Gasteiger partial charge in [0.05, 0.1) is 0 Å². The SMILES string of the molecule is C(=NCCSSCCN=Cc1ccc2ccc3cccc4ccc1c2c34)c1ccc2ccc3cccc4ccc1c2c34. The summed E-state index contributed by atoms with van der Waals surface area (Å²) >= 11 is 0. The Morgan fingerprint density at radius 3 is 1.19 bits per heavy atom. The largest absolute Gasteiger partial charge is 0.292 e. The first-order valence-electron chi connectivity index (χ1n) is 14.4. The van der Waals surface area contributed by atoms with E-state index in [0.29, 0.717) is 0 Å². The van der Waals surface area contributed by atoms with Gasteiger partial charge >= 0.3 is 0 Å². The summed E-state index contributed by atoms with van der Waals surface area (Å²) in [5.74, 6) is 1.98. The van der Waals surface area contributed by atoms with Crippen LogP contribution in [0.1, 0.15) is 11.1 Å². The third kappa shape index (κ3) is 4.46. The molecule has 0 aromatic heterocycles. The summed E-state index contributed by atoms with van der Waals surface area (Å²) < 4.78 is 0. The van der Waals surface area contributed by atoms with Crippen LogP contribution in [0.25, 0.3) is 64.6 Å². The third-order valence-corrected chi connectivity index (χ3v) is 10.6. The van der Waals surface area contributed by atoms with E-state index in [1.54, 1.807) is 0 Å². The van der Waals surface area contributed by atoms with Crippen LogP contribution in [0.15, 0.2) is 119 Å². The molecule has 0 bridgehead atoms. The maximum absolute atomic E-state index is 4.77. The molecule has 0 amide bonds. The van der Waals surface area contributed by atoms with E-state index in [1.807, 2.05) is 21.6 Å². The fraction of sp³-hybridized carbons (Fsp3) is 0.105. The Kier molecular flexibility index (Phi) is 6.66. The Morgan fingerprint density at radius 2 is 0.762 bits per heavy atom. The summed E-state index contributed by atoms with van der Waals surface area (Å²) in [6, 6.07) is 39.8. The smallest absolute Gasteiger partial charge is 0.0488 e. The molecule has 0 aliphatic carbocycles. The Labute approximate surface area is 252 Å². The minimum atomic E-state index is 0.811. The molecule has 0 fully saturated rings. The topological polar surface area (TPSA) is 24.7 Å². The molecule has 8 aromatic carbocycles. The van der Waals surface area contributed by atoms with Crippen LogP contribution < -0.4 is 0 Å².